The lowest BCUT2D eigenvalue weighted by Gasteiger charge is -2.17. The van der Waals surface area contributed by atoms with Gasteiger partial charge in [0.05, 0.1) is 27.5 Å². The molecule has 7 N–H and O–H groups in total. The van der Waals surface area contributed by atoms with Gasteiger partial charge >= 0.3 is 0 Å². The molecule has 2 heterocycles. The van der Waals surface area contributed by atoms with E-state index in [1.165, 1.54) is 6.20 Å². The lowest BCUT2D eigenvalue weighted by molar-refractivity contribution is -0.117. The van der Waals surface area contributed by atoms with Gasteiger partial charge in [0.15, 0.2) is 0 Å². The molecule has 2 aliphatic rings. The fourth-order valence-corrected chi connectivity index (χ4v) is 4.50. The summed E-state index contributed by atoms with van der Waals surface area (Å²) >= 11 is 5.71. The van der Waals surface area contributed by atoms with Crippen LogP contribution in [0.3, 0.4) is 0 Å². The second-order valence-corrected chi connectivity index (χ2v) is 8.79. The number of rotatable bonds is 7. The molecule has 0 atom stereocenters. The molecule has 0 bridgehead atoms. The van der Waals surface area contributed by atoms with E-state index in [1.54, 1.807) is 11.5 Å². The number of carbonyl (C=O) groups excluding carboxylic acids is 3. The van der Waals surface area contributed by atoms with Gasteiger partial charge in [0, 0.05) is 24.5 Å². The molecule has 1 fully saturated rings. The highest BCUT2D eigenvalue weighted by Crippen LogP contribution is 2.40. The van der Waals surface area contributed by atoms with Crippen LogP contribution in [0.15, 0.2) is 24.0 Å². The van der Waals surface area contributed by atoms with Crippen LogP contribution in [0.25, 0.3) is 0 Å². The van der Waals surface area contributed by atoms with Crippen molar-refractivity contribution in [3.05, 3.63) is 63.2 Å². The Balaban J connectivity index is 1.63. The molecule has 180 valence electrons. The normalized spacial score (nSPS) is 16.1. The summed E-state index contributed by atoms with van der Waals surface area (Å²) in [5, 5.41) is 4.71. The van der Waals surface area contributed by atoms with Crippen molar-refractivity contribution in [3.8, 4) is 0 Å². The molecule has 1 saturated carbocycles. The third-order valence-corrected chi connectivity index (χ3v) is 6.50. The zero-order chi connectivity index (χ0) is 24.8. The Morgan fingerprint density at radius 1 is 1.21 bits per heavy atom. The molecule has 0 radical (unpaired) electrons. The van der Waals surface area contributed by atoms with Crippen LogP contribution in [-0.2, 0) is 17.8 Å². The Morgan fingerprint density at radius 2 is 1.91 bits per heavy atom. The lowest BCUT2D eigenvalue weighted by Crippen LogP contribution is -2.45. The molecule has 1 aromatic carbocycles. The van der Waals surface area contributed by atoms with Crippen molar-refractivity contribution in [1.82, 2.24) is 15.3 Å². The van der Waals surface area contributed by atoms with E-state index in [0.29, 0.717) is 49.7 Å². The van der Waals surface area contributed by atoms with E-state index in [2.05, 4.69) is 16.1 Å². The van der Waals surface area contributed by atoms with Crippen LogP contribution in [0.1, 0.15) is 51.4 Å². The maximum absolute atomic E-state index is 14.1. The Kier molecular flexibility index (Phi) is 6.09. The highest BCUT2D eigenvalue weighted by molar-refractivity contribution is 6.44. The third kappa shape index (κ3) is 4.01. The number of amides is 2. The van der Waals surface area contributed by atoms with Gasteiger partial charge in [-0.3, -0.25) is 20.2 Å². The van der Waals surface area contributed by atoms with E-state index >= 15 is 0 Å². The van der Waals surface area contributed by atoms with Crippen molar-refractivity contribution in [3.63, 3.8) is 0 Å². The van der Waals surface area contributed by atoms with Gasteiger partial charge in [0.25, 0.3) is 17.6 Å². The summed E-state index contributed by atoms with van der Waals surface area (Å²) in [6, 6.07) is 1.54. The summed E-state index contributed by atoms with van der Waals surface area (Å²) in [5.74, 6) is 0.950. The Morgan fingerprint density at radius 3 is 2.56 bits per heavy atom. The molecule has 2 amide bonds. The van der Waals surface area contributed by atoms with Gasteiger partial charge in [0.2, 0.25) is 0 Å². The smallest absolute Gasteiger partial charge is 0.293 e. The SMILES string of the molecule is Cc1c(C(=O)C(=O)NC2(/C(N)=C/NN)CC2)c2n(c1C(=O)Nc1cc(Cl)c(F)cc1F)CCC2. The second kappa shape index (κ2) is 8.73. The molecule has 1 aliphatic carbocycles. The van der Waals surface area contributed by atoms with Crippen LogP contribution in [0.4, 0.5) is 14.5 Å². The Hall–Kier alpha value is -3.44. The van der Waals surface area contributed by atoms with Crippen molar-refractivity contribution in [2.24, 2.45) is 11.6 Å². The fraction of sp³-hybridized carbons (Fsp3) is 0.318. The summed E-state index contributed by atoms with van der Waals surface area (Å²) in [4.78, 5) is 39.1. The number of fused-ring (bicyclic) bond motifs is 1. The Bertz CT molecular complexity index is 1250. The number of Topliss-reactive ketones (excluding diaryl/α,β-unsaturated/α-hetero) is 1. The first-order chi connectivity index (χ1) is 16.1. The van der Waals surface area contributed by atoms with Gasteiger partial charge in [-0.1, -0.05) is 11.6 Å². The number of hydrogen-bond donors (Lipinski definition) is 5. The molecule has 2 aromatic rings. The minimum Gasteiger partial charge on any atom is -0.399 e. The van der Waals surface area contributed by atoms with E-state index in [0.717, 1.165) is 6.07 Å². The van der Waals surface area contributed by atoms with E-state index in [1.807, 2.05) is 0 Å². The van der Waals surface area contributed by atoms with E-state index < -0.39 is 34.8 Å². The largest absolute Gasteiger partial charge is 0.399 e. The summed E-state index contributed by atoms with van der Waals surface area (Å²) in [7, 11) is 0. The van der Waals surface area contributed by atoms with Crippen LogP contribution in [0.2, 0.25) is 5.02 Å². The molecular weight excluding hydrogens is 470 g/mol. The maximum atomic E-state index is 14.1. The van der Waals surface area contributed by atoms with Crippen LogP contribution in [0, 0.1) is 18.6 Å². The van der Waals surface area contributed by atoms with E-state index in [4.69, 9.17) is 23.2 Å². The lowest BCUT2D eigenvalue weighted by atomic mass is 10.0. The molecule has 1 aliphatic heterocycles. The third-order valence-electron chi connectivity index (χ3n) is 6.21. The monoisotopic (exact) mass is 492 g/mol. The van der Waals surface area contributed by atoms with Gasteiger partial charge in [-0.2, -0.15) is 0 Å². The summed E-state index contributed by atoms with van der Waals surface area (Å²) in [5.41, 5.74) is 8.52. The van der Waals surface area contributed by atoms with Crippen molar-refractivity contribution < 1.29 is 23.2 Å². The number of ketones is 1. The number of nitrogens with one attached hydrogen (secondary N) is 3. The Labute approximate surface area is 198 Å². The zero-order valence-corrected chi connectivity index (χ0v) is 19.0. The number of aromatic nitrogens is 1. The number of hydrogen-bond acceptors (Lipinski definition) is 6. The molecule has 12 heteroatoms. The van der Waals surface area contributed by atoms with Gasteiger partial charge in [-0.15, -0.1) is 0 Å². The maximum Gasteiger partial charge on any atom is 0.293 e. The minimum atomic E-state index is -0.996. The molecular formula is C22H23ClF2N6O3. The first-order valence-corrected chi connectivity index (χ1v) is 10.9. The minimum absolute atomic E-state index is 0.122. The fourth-order valence-electron chi connectivity index (χ4n) is 4.34. The number of anilines is 1. The number of carbonyl (C=O) groups is 3. The van der Waals surface area contributed by atoms with Gasteiger partial charge < -0.3 is 26.4 Å². The van der Waals surface area contributed by atoms with Gasteiger partial charge in [0.1, 0.15) is 17.3 Å². The number of nitrogens with zero attached hydrogens (tertiary/aromatic N) is 1. The number of halogens is 3. The molecule has 0 saturated heterocycles. The second-order valence-electron chi connectivity index (χ2n) is 8.38. The molecule has 1 aromatic heterocycles. The summed E-state index contributed by atoms with van der Waals surface area (Å²) in [6.45, 7) is 2.00. The molecule has 0 spiro atoms. The number of hydrazine groups is 1. The molecule has 0 unspecified atom stereocenters. The van der Waals surface area contributed by atoms with Crippen LogP contribution < -0.4 is 27.6 Å². The highest BCUT2D eigenvalue weighted by Gasteiger charge is 2.48. The van der Waals surface area contributed by atoms with Crippen LogP contribution >= 0.6 is 11.6 Å². The van der Waals surface area contributed by atoms with E-state index in [9.17, 15) is 23.2 Å². The predicted molar refractivity (Wildman–Crippen MR) is 121 cm³/mol. The van der Waals surface area contributed by atoms with Crippen molar-refractivity contribution in [2.45, 2.75) is 44.7 Å². The molecule has 4 rings (SSSR count). The summed E-state index contributed by atoms with van der Waals surface area (Å²) < 4.78 is 29.3. The topological polar surface area (TPSA) is 144 Å². The number of nitrogens with two attached hydrogens (primary N) is 2. The van der Waals surface area contributed by atoms with Crippen molar-refractivity contribution in [2.75, 3.05) is 5.32 Å². The average molecular weight is 493 g/mol. The van der Waals surface area contributed by atoms with Crippen LogP contribution in [0.5, 0.6) is 0 Å². The standard InChI is InChI=1S/C22H23ClF2N6O3/c1-10-17(19(32)21(34)30-22(4-5-22)16(26)9-28-27)15-3-2-6-31(15)18(10)20(33)29-14-7-11(23)12(24)8-13(14)25/h7-9,28H,2-6,26-27H2,1H3,(H,29,33)(H,30,34)/b16-9-. The first kappa shape index (κ1) is 23.7. The summed E-state index contributed by atoms with van der Waals surface area (Å²) in [6.07, 6.45) is 3.62. The predicted octanol–water partition coefficient (Wildman–Crippen LogP) is 2.02. The van der Waals surface area contributed by atoms with Crippen molar-refractivity contribution >= 4 is 34.9 Å². The molecule has 34 heavy (non-hydrogen) atoms. The van der Waals surface area contributed by atoms with Crippen molar-refractivity contribution in [1.29, 1.82) is 0 Å². The first-order valence-electron chi connectivity index (χ1n) is 10.6. The van der Waals surface area contributed by atoms with Crippen LogP contribution in [-0.4, -0.2) is 27.7 Å². The number of benzene rings is 1. The average Bonchev–Trinajstić information content (AvgIpc) is 3.32. The molecule has 9 nitrogen and oxygen atoms in total. The zero-order valence-electron chi connectivity index (χ0n) is 18.2. The van der Waals surface area contributed by atoms with Gasteiger partial charge in [-0.05, 0) is 44.2 Å². The quantitative estimate of drug-likeness (QED) is 0.131. The van der Waals surface area contributed by atoms with E-state index in [-0.39, 0.29) is 27.5 Å². The van der Waals surface area contributed by atoms with Gasteiger partial charge in [-0.25, -0.2) is 8.78 Å². The highest BCUT2D eigenvalue weighted by atomic mass is 35.5.